The first kappa shape index (κ1) is 7.41. The van der Waals surface area contributed by atoms with E-state index in [0.29, 0.717) is 0 Å². The van der Waals surface area contributed by atoms with Gasteiger partial charge in [0.1, 0.15) is 5.68 Å². The highest BCUT2D eigenvalue weighted by Gasteiger charge is 2.22. The minimum Gasteiger partial charge on any atom is -0.376 e. The Balaban J connectivity index is 2.27. The maximum absolute atomic E-state index is 11.1. The molecular formula is C9H10BNO. The zero-order valence-corrected chi connectivity index (χ0v) is 7.00. The van der Waals surface area contributed by atoms with Crippen molar-refractivity contribution in [2.24, 2.45) is 0 Å². The van der Waals surface area contributed by atoms with Crippen molar-refractivity contribution in [3.8, 4) is 0 Å². The predicted octanol–water partition coefficient (Wildman–Crippen LogP) is 0.183. The third-order valence-electron chi connectivity index (χ3n) is 2.26. The molecule has 1 atom stereocenters. The molecule has 0 fully saturated rings. The summed E-state index contributed by atoms with van der Waals surface area (Å²) in [6.07, 6.45) is 0.839. The van der Waals surface area contributed by atoms with Gasteiger partial charge >= 0.3 is 0 Å². The molecule has 2 nitrogen and oxygen atoms in total. The van der Waals surface area contributed by atoms with Crippen molar-refractivity contribution in [1.82, 2.24) is 0 Å². The minimum atomic E-state index is 0.00222. The Labute approximate surface area is 72.4 Å². The van der Waals surface area contributed by atoms with E-state index in [2.05, 4.69) is 11.4 Å². The number of carbonyl (C=O) groups excluding carboxylic acids is 1. The molecule has 1 N–H and O–H groups in total. The van der Waals surface area contributed by atoms with Crippen LogP contribution in [0.15, 0.2) is 24.3 Å². The predicted molar refractivity (Wildman–Crippen MR) is 51.1 cm³/mol. The first-order chi connectivity index (χ1) is 5.77. The van der Waals surface area contributed by atoms with Crippen molar-refractivity contribution in [3.63, 3.8) is 0 Å². The summed E-state index contributed by atoms with van der Waals surface area (Å²) in [5, 5.41) is 3.18. The monoisotopic (exact) mass is 159 g/mol. The molecule has 0 spiro atoms. The van der Waals surface area contributed by atoms with Gasteiger partial charge in [-0.15, -0.1) is 0 Å². The van der Waals surface area contributed by atoms with Crippen LogP contribution in [-0.4, -0.2) is 19.6 Å². The van der Waals surface area contributed by atoms with Crippen LogP contribution in [0.5, 0.6) is 0 Å². The van der Waals surface area contributed by atoms with E-state index in [1.807, 2.05) is 18.2 Å². The van der Waals surface area contributed by atoms with Crippen molar-refractivity contribution in [2.45, 2.75) is 12.5 Å². The molecule has 3 heteroatoms. The second-order valence-electron chi connectivity index (χ2n) is 3.17. The normalized spacial score (nSPS) is 19.8. The van der Waals surface area contributed by atoms with Crippen LogP contribution in [-0.2, 0) is 11.2 Å². The molecule has 0 aromatic heterocycles. The second-order valence-corrected chi connectivity index (χ2v) is 3.17. The fraction of sp³-hybridized carbons (Fsp3) is 0.222. The van der Waals surface area contributed by atoms with Crippen molar-refractivity contribution in [2.75, 3.05) is 5.32 Å². The van der Waals surface area contributed by atoms with Crippen molar-refractivity contribution < 1.29 is 4.79 Å². The summed E-state index contributed by atoms with van der Waals surface area (Å²) < 4.78 is 0. The van der Waals surface area contributed by atoms with Gasteiger partial charge < -0.3 is 10.1 Å². The average molecular weight is 159 g/mol. The fourth-order valence-electron chi connectivity index (χ4n) is 1.54. The molecule has 0 radical (unpaired) electrons. The summed E-state index contributed by atoms with van der Waals surface area (Å²) in [5.41, 5.74) is 2.57. The van der Waals surface area contributed by atoms with Gasteiger partial charge in [0, 0.05) is 12.1 Å². The van der Waals surface area contributed by atoms with Crippen LogP contribution in [0.4, 0.5) is 5.69 Å². The number of carbonyl (C=O) groups is 1. The second kappa shape index (κ2) is 2.66. The Morgan fingerprint density at radius 1 is 1.50 bits per heavy atom. The molecule has 1 unspecified atom stereocenters. The van der Waals surface area contributed by atoms with Crippen molar-refractivity contribution in [3.05, 3.63) is 29.8 Å². The van der Waals surface area contributed by atoms with Crippen LogP contribution >= 0.6 is 0 Å². The van der Waals surface area contributed by atoms with Crippen molar-refractivity contribution in [1.29, 1.82) is 0 Å². The number of fused-ring (bicyclic) bond motifs is 1. The topological polar surface area (TPSA) is 29.1 Å². The Kier molecular flexibility index (Phi) is 1.64. The molecule has 1 aromatic carbocycles. The number of hydrogen-bond acceptors (Lipinski definition) is 2. The van der Waals surface area contributed by atoms with E-state index in [1.54, 1.807) is 7.85 Å². The summed E-state index contributed by atoms with van der Waals surface area (Å²) in [6, 6.07) is 8.06. The highest BCUT2D eigenvalue weighted by atomic mass is 16.1. The number of anilines is 1. The number of benzene rings is 1. The van der Waals surface area contributed by atoms with Gasteiger partial charge in [-0.3, -0.25) is 0 Å². The molecule has 0 saturated heterocycles. The molecule has 0 aliphatic carbocycles. The SMILES string of the molecule is BC(=O)C1Cc2ccccc2N1. The Morgan fingerprint density at radius 2 is 2.25 bits per heavy atom. The highest BCUT2D eigenvalue weighted by Crippen LogP contribution is 2.24. The largest absolute Gasteiger partial charge is 0.376 e. The smallest absolute Gasteiger partial charge is 0.190 e. The van der Waals surface area contributed by atoms with E-state index in [4.69, 9.17) is 0 Å². The van der Waals surface area contributed by atoms with Gasteiger partial charge in [0.25, 0.3) is 0 Å². The first-order valence-electron chi connectivity index (χ1n) is 4.12. The molecule has 2 rings (SSSR count). The van der Waals surface area contributed by atoms with Gasteiger partial charge in [-0.2, -0.15) is 0 Å². The summed E-state index contributed by atoms with van der Waals surface area (Å²) in [4.78, 5) is 11.1. The Hall–Kier alpha value is -1.25. The van der Waals surface area contributed by atoms with Crippen LogP contribution in [0, 0.1) is 0 Å². The lowest BCUT2D eigenvalue weighted by atomic mass is 9.93. The van der Waals surface area contributed by atoms with Gasteiger partial charge in [0.15, 0.2) is 7.85 Å². The minimum absolute atomic E-state index is 0.00222. The van der Waals surface area contributed by atoms with E-state index in [9.17, 15) is 4.79 Å². The van der Waals surface area contributed by atoms with Gasteiger partial charge in [-0.1, -0.05) is 18.2 Å². The van der Waals surface area contributed by atoms with Gasteiger partial charge in [0.2, 0.25) is 0 Å². The van der Waals surface area contributed by atoms with Gasteiger partial charge in [0.05, 0.1) is 6.04 Å². The van der Waals surface area contributed by atoms with Crippen LogP contribution in [0.1, 0.15) is 5.56 Å². The van der Waals surface area contributed by atoms with Crippen LogP contribution in [0.3, 0.4) is 0 Å². The number of rotatable bonds is 1. The Bertz CT molecular complexity index is 299. The van der Waals surface area contributed by atoms with Gasteiger partial charge in [-0.25, -0.2) is 0 Å². The maximum atomic E-state index is 11.1. The third-order valence-corrected chi connectivity index (χ3v) is 2.26. The molecule has 0 bridgehead atoms. The summed E-state index contributed by atoms with van der Waals surface area (Å²) in [6.45, 7) is 0. The lowest BCUT2D eigenvalue weighted by Gasteiger charge is -2.05. The van der Waals surface area contributed by atoms with Crippen LogP contribution in [0.25, 0.3) is 0 Å². The Morgan fingerprint density at radius 3 is 2.92 bits per heavy atom. The molecule has 1 aliphatic rings. The molecule has 1 aromatic rings. The lowest BCUT2D eigenvalue weighted by molar-refractivity contribution is -0.112. The molecular weight excluding hydrogens is 149 g/mol. The molecule has 1 aliphatic heterocycles. The summed E-state index contributed by atoms with van der Waals surface area (Å²) in [5.74, 6) is 0. The average Bonchev–Trinajstić information content (AvgIpc) is 2.46. The zero-order valence-electron chi connectivity index (χ0n) is 7.00. The number of para-hydroxylation sites is 1. The highest BCUT2D eigenvalue weighted by molar-refractivity contribution is 6.59. The first-order valence-corrected chi connectivity index (χ1v) is 4.12. The van der Waals surface area contributed by atoms with E-state index in [0.717, 1.165) is 12.1 Å². The summed E-state index contributed by atoms with van der Waals surface area (Å²) >= 11 is 0. The number of nitrogens with one attached hydrogen (secondary N) is 1. The zero-order chi connectivity index (χ0) is 8.55. The van der Waals surface area contributed by atoms with E-state index < -0.39 is 0 Å². The maximum Gasteiger partial charge on any atom is 0.190 e. The van der Waals surface area contributed by atoms with E-state index >= 15 is 0 Å². The third kappa shape index (κ3) is 1.11. The van der Waals surface area contributed by atoms with Crippen LogP contribution < -0.4 is 5.32 Å². The fourth-order valence-corrected chi connectivity index (χ4v) is 1.54. The van der Waals surface area contributed by atoms with Gasteiger partial charge in [-0.05, 0) is 11.6 Å². The lowest BCUT2D eigenvalue weighted by Crippen LogP contribution is -2.26. The molecule has 1 heterocycles. The van der Waals surface area contributed by atoms with Crippen molar-refractivity contribution >= 4 is 19.2 Å². The summed E-state index contributed by atoms with van der Waals surface area (Å²) in [7, 11) is 1.63. The molecule has 0 amide bonds. The standard InChI is InChI=1S/C9H10BNO/c10-9(12)8-5-6-3-1-2-4-7(6)11-8/h1-4,8,11H,5,10H2. The number of hydrogen-bond donors (Lipinski definition) is 1. The molecule has 12 heavy (non-hydrogen) atoms. The van der Waals surface area contributed by atoms with E-state index in [1.165, 1.54) is 5.56 Å². The molecule has 60 valence electrons. The molecule has 0 saturated carbocycles. The quantitative estimate of drug-likeness (QED) is 0.592. The van der Waals surface area contributed by atoms with Crippen LogP contribution in [0.2, 0.25) is 0 Å². The van der Waals surface area contributed by atoms with E-state index in [-0.39, 0.29) is 11.7 Å².